The van der Waals surface area contributed by atoms with Crippen LogP contribution in [0.4, 0.5) is 11.4 Å². The first kappa shape index (κ1) is 22.8. The highest BCUT2D eigenvalue weighted by Crippen LogP contribution is 2.33. The molecule has 1 amide bonds. The third kappa shape index (κ3) is 5.65. The van der Waals surface area contributed by atoms with E-state index in [-0.39, 0.29) is 18.0 Å². The fourth-order valence-corrected chi connectivity index (χ4v) is 3.14. The Kier molecular flexibility index (Phi) is 7.46. The number of nitrogens with one attached hydrogen (secondary N) is 1. The van der Waals surface area contributed by atoms with Gasteiger partial charge in [-0.3, -0.25) is 14.9 Å². The van der Waals surface area contributed by atoms with Gasteiger partial charge in [-0.1, -0.05) is 48.0 Å². The molecule has 0 heterocycles. The minimum absolute atomic E-state index is 0.164. The number of halogens is 1. The van der Waals surface area contributed by atoms with Gasteiger partial charge in [-0.05, 0) is 42.3 Å². The van der Waals surface area contributed by atoms with Crippen LogP contribution in [0.2, 0.25) is 5.02 Å². The summed E-state index contributed by atoms with van der Waals surface area (Å²) in [7, 11) is 1.53. The second-order valence-electron chi connectivity index (χ2n) is 6.84. The largest absolute Gasteiger partial charge is 0.493 e. The topological polar surface area (TPSA) is 90.7 Å². The van der Waals surface area contributed by atoms with Crippen molar-refractivity contribution < 1.29 is 19.2 Å². The van der Waals surface area contributed by atoms with E-state index >= 15 is 0 Å². The first-order valence-corrected chi connectivity index (χ1v) is 10.0. The van der Waals surface area contributed by atoms with Crippen LogP contribution in [0.1, 0.15) is 16.7 Å². The molecule has 0 saturated carbocycles. The van der Waals surface area contributed by atoms with Crippen molar-refractivity contribution in [3.05, 3.63) is 98.6 Å². The summed E-state index contributed by atoms with van der Waals surface area (Å²) in [6, 6.07) is 17.2. The van der Waals surface area contributed by atoms with Gasteiger partial charge in [0.05, 0.1) is 12.0 Å². The molecule has 0 radical (unpaired) electrons. The van der Waals surface area contributed by atoms with Gasteiger partial charge in [0, 0.05) is 22.7 Å². The Labute approximate surface area is 190 Å². The van der Waals surface area contributed by atoms with Gasteiger partial charge in [-0.25, -0.2) is 0 Å². The standard InChI is InChI=1S/C24H21ClN2O5/c1-16-5-3-7-20(27(29)30)23(16)26-22(28)14-11-18-6-4-8-21(31-2)24(18)32-15-17-9-12-19(25)13-10-17/h3-14H,15H2,1-2H3,(H,26,28)/b14-11+. The van der Waals surface area contributed by atoms with Gasteiger partial charge >= 0.3 is 0 Å². The number of nitro groups is 1. The smallest absolute Gasteiger partial charge is 0.293 e. The van der Waals surface area contributed by atoms with Crippen molar-refractivity contribution >= 4 is 35.0 Å². The summed E-state index contributed by atoms with van der Waals surface area (Å²) >= 11 is 5.92. The molecule has 3 aromatic carbocycles. The zero-order valence-corrected chi connectivity index (χ0v) is 18.3. The molecule has 0 aromatic heterocycles. The van der Waals surface area contributed by atoms with E-state index in [2.05, 4.69) is 5.32 Å². The van der Waals surface area contributed by atoms with Gasteiger partial charge < -0.3 is 14.8 Å². The highest BCUT2D eigenvalue weighted by molar-refractivity contribution is 6.30. The number of hydrogen-bond acceptors (Lipinski definition) is 5. The van der Waals surface area contributed by atoms with Gasteiger partial charge in [0.25, 0.3) is 5.69 Å². The van der Waals surface area contributed by atoms with E-state index < -0.39 is 10.8 Å². The zero-order chi connectivity index (χ0) is 23.1. The first-order chi connectivity index (χ1) is 15.4. The lowest BCUT2D eigenvalue weighted by atomic mass is 10.1. The number of nitrogens with zero attached hydrogens (tertiary/aromatic N) is 1. The molecule has 0 unspecified atom stereocenters. The maximum absolute atomic E-state index is 12.5. The SMILES string of the molecule is COc1cccc(/C=C/C(=O)Nc2c(C)cccc2[N+](=O)[O-])c1OCc1ccc(Cl)cc1. The molecule has 7 nitrogen and oxygen atoms in total. The number of nitro benzene ring substituents is 1. The van der Waals surface area contributed by atoms with E-state index in [1.165, 1.54) is 19.3 Å². The summed E-state index contributed by atoms with van der Waals surface area (Å²) in [5.74, 6) is 0.473. The van der Waals surface area contributed by atoms with Crippen molar-refractivity contribution in [3.63, 3.8) is 0 Å². The van der Waals surface area contributed by atoms with Gasteiger partial charge in [-0.2, -0.15) is 0 Å². The van der Waals surface area contributed by atoms with Gasteiger partial charge in [-0.15, -0.1) is 0 Å². The van der Waals surface area contributed by atoms with Crippen LogP contribution in [0.15, 0.2) is 66.7 Å². The van der Waals surface area contributed by atoms with Crippen molar-refractivity contribution in [2.75, 3.05) is 12.4 Å². The van der Waals surface area contributed by atoms with Gasteiger partial charge in [0.15, 0.2) is 11.5 Å². The number of anilines is 1. The van der Waals surface area contributed by atoms with Crippen molar-refractivity contribution in [2.24, 2.45) is 0 Å². The van der Waals surface area contributed by atoms with Crippen LogP contribution in [-0.4, -0.2) is 17.9 Å². The predicted octanol–water partition coefficient (Wildman–Crippen LogP) is 5.80. The first-order valence-electron chi connectivity index (χ1n) is 9.66. The van der Waals surface area contributed by atoms with Gasteiger partial charge in [0.1, 0.15) is 12.3 Å². The van der Waals surface area contributed by atoms with E-state index in [9.17, 15) is 14.9 Å². The number of carbonyl (C=O) groups excluding carboxylic acids is 1. The molecule has 0 spiro atoms. The van der Waals surface area contributed by atoms with Gasteiger partial charge in [0.2, 0.25) is 5.91 Å². The maximum Gasteiger partial charge on any atom is 0.293 e. The van der Waals surface area contributed by atoms with Crippen molar-refractivity contribution in [2.45, 2.75) is 13.5 Å². The van der Waals surface area contributed by atoms with Crippen LogP contribution in [-0.2, 0) is 11.4 Å². The Morgan fingerprint density at radius 3 is 2.53 bits per heavy atom. The molecule has 0 aliphatic carbocycles. The second-order valence-corrected chi connectivity index (χ2v) is 7.28. The van der Waals surface area contributed by atoms with Crippen LogP contribution in [0.25, 0.3) is 6.08 Å². The third-order valence-electron chi connectivity index (χ3n) is 4.64. The minimum atomic E-state index is -0.531. The molecule has 3 aromatic rings. The Balaban J connectivity index is 1.80. The summed E-state index contributed by atoms with van der Waals surface area (Å²) in [4.78, 5) is 23.2. The molecule has 0 bridgehead atoms. The summed E-state index contributed by atoms with van der Waals surface area (Å²) < 4.78 is 11.4. The minimum Gasteiger partial charge on any atom is -0.493 e. The number of benzene rings is 3. The number of ether oxygens (including phenoxy) is 2. The number of hydrogen-bond donors (Lipinski definition) is 1. The Hall–Kier alpha value is -3.84. The van der Waals surface area contributed by atoms with Crippen LogP contribution >= 0.6 is 11.6 Å². The summed E-state index contributed by atoms with van der Waals surface area (Å²) in [5, 5.41) is 14.5. The molecule has 32 heavy (non-hydrogen) atoms. The molecule has 8 heteroatoms. The van der Waals surface area contributed by atoms with Crippen molar-refractivity contribution in [1.82, 2.24) is 0 Å². The second kappa shape index (κ2) is 10.5. The maximum atomic E-state index is 12.5. The zero-order valence-electron chi connectivity index (χ0n) is 17.5. The number of para-hydroxylation sites is 2. The number of amides is 1. The number of rotatable bonds is 8. The molecule has 0 atom stereocenters. The Morgan fingerprint density at radius 1 is 1.12 bits per heavy atom. The quantitative estimate of drug-likeness (QED) is 0.265. The van der Waals surface area contributed by atoms with Crippen LogP contribution in [0, 0.1) is 17.0 Å². The van der Waals surface area contributed by atoms with Crippen LogP contribution < -0.4 is 14.8 Å². The molecule has 1 N–H and O–H groups in total. The molecular formula is C24H21ClN2O5. The fraction of sp³-hybridized carbons (Fsp3) is 0.125. The molecule has 164 valence electrons. The molecule has 0 fully saturated rings. The predicted molar refractivity (Wildman–Crippen MR) is 124 cm³/mol. The number of methoxy groups -OCH3 is 1. The van der Waals surface area contributed by atoms with Crippen LogP contribution in [0.5, 0.6) is 11.5 Å². The van der Waals surface area contributed by atoms with E-state index in [0.717, 1.165) is 5.56 Å². The van der Waals surface area contributed by atoms with E-state index in [1.807, 2.05) is 12.1 Å². The fourth-order valence-electron chi connectivity index (χ4n) is 3.01. The monoisotopic (exact) mass is 452 g/mol. The summed E-state index contributed by atoms with van der Waals surface area (Å²) in [5.41, 5.74) is 2.12. The van der Waals surface area contributed by atoms with Crippen LogP contribution in [0.3, 0.4) is 0 Å². The van der Waals surface area contributed by atoms with Crippen molar-refractivity contribution in [1.29, 1.82) is 0 Å². The highest BCUT2D eigenvalue weighted by Gasteiger charge is 2.17. The average molecular weight is 453 g/mol. The summed E-state index contributed by atoms with van der Waals surface area (Å²) in [6.45, 7) is 1.97. The lowest BCUT2D eigenvalue weighted by Crippen LogP contribution is -2.11. The number of carbonyl (C=O) groups is 1. The van der Waals surface area contributed by atoms with E-state index in [1.54, 1.807) is 55.5 Å². The normalized spacial score (nSPS) is 10.7. The molecular weight excluding hydrogens is 432 g/mol. The number of aryl methyl sites for hydroxylation is 1. The molecule has 0 aliphatic heterocycles. The third-order valence-corrected chi connectivity index (χ3v) is 4.89. The Morgan fingerprint density at radius 2 is 1.84 bits per heavy atom. The molecule has 3 rings (SSSR count). The van der Waals surface area contributed by atoms with E-state index in [4.69, 9.17) is 21.1 Å². The van der Waals surface area contributed by atoms with Crippen molar-refractivity contribution in [3.8, 4) is 11.5 Å². The average Bonchev–Trinajstić information content (AvgIpc) is 2.78. The van der Waals surface area contributed by atoms with E-state index in [0.29, 0.717) is 27.6 Å². The highest BCUT2D eigenvalue weighted by atomic mass is 35.5. The molecule has 0 aliphatic rings. The Bertz CT molecular complexity index is 1160. The lowest BCUT2D eigenvalue weighted by molar-refractivity contribution is -0.384. The lowest BCUT2D eigenvalue weighted by Gasteiger charge is -2.13. The summed E-state index contributed by atoms with van der Waals surface area (Å²) in [6.07, 6.45) is 2.86. The molecule has 0 saturated heterocycles.